The summed E-state index contributed by atoms with van der Waals surface area (Å²) in [5, 5.41) is 17.2. The van der Waals surface area contributed by atoms with Crippen molar-refractivity contribution in [2.45, 2.75) is 32.8 Å². The minimum absolute atomic E-state index is 0. The number of nitrogens with one attached hydrogen (secondary N) is 2. The molecule has 0 saturated carbocycles. The molecule has 1 aromatic carbocycles. The fraction of sp³-hybridized carbons (Fsp3) is 0.476. The van der Waals surface area contributed by atoms with Crippen LogP contribution in [0, 0.1) is 6.92 Å². The number of hydrogen-bond acceptors (Lipinski definition) is 4. The Labute approximate surface area is 185 Å². The van der Waals surface area contributed by atoms with E-state index in [1.165, 1.54) is 11.3 Å². The van der Waals surface area contributed by atoms with Gasteiger partial charge in [0.25, 0.3) is 0 Å². The van der Waals surface area contributed by atoms with Crippen molar-refractivity contribution < 1.29 is 9.52 Å². The molecule has 1 atom stereocenters. The zero-order valence-electron chi connectivity index (χ0n) is 17.5. The van der Waals surface area contributed by atoms with Gasteiger partial charge in [-0.1, -0.05) is 12.1 Å². The first-order valence-corrected chi connectivity index (χ1v) is 9.39. The summed E-state index contributed by atoms with van der Waals surface area (Å²) >= 11 is 0. The Morgan fingerprint density at radius 1 is 1.14 bits per heavy atom. The van der Waals surface area contributed by atoms with Crippen LogP contribution in [0.3, 0.4) is 0 Å². The van der Waals surface area contributed by atoms with Crippen LogP contribution in [0.2, 0.25) is 0 Å². The van der Waals surface area contributed by atoms with Gasteiger partial charge in [-0.05, 0) is 57.0 Å². The van der Waals surface area contributed by atoms with Crippen molar-refractivity contribution in [3.8, 4) is 0 Å². The average molecular weight is 500 g/mol. The van der Waals surface area contributed by atoms with E-state index in [9.17, 15) is 5.11 Å². The fourth-order valence-electron chi connectivity index (χ4n) is 2.66. The molecule has 0 aliphatic rings. The second-order valence-electron chi connectivity index (χ2n) is 7.12. The van der Waals surface area contributed by atoms with Crippen LogP contribution in [-0.2, 0) is 12.0 Å². The quantitative estimate of drug-likeness (QED) is 0.295. The van der Waals surface area contributed by atoms with Crippen molar-refractivity contribution in [3.63, 3.8) is 0 Å². The molecule has 1 aromatic heterocycles. The number of anilines is 1. The van der Waals surface area contributed by atoms with Crippen molar-refractivity contribution >= 4 is 35.6 Å². The van der Waals surface area contributed by atoms with E-state index in [1.807, 2.05) is 34.0 Å². The molecule has 2 aromatic rings. The molecule has 0 aliphatic carbocycles. The van der Waals surface area contributed by atoms with Gasteiger partial charge in [0.1, 0.15) is 17.1 Å². The lowest BCUT2D eigenvalue weighted by Gasteiger charge is -2.19. The third kappa shape index (κ3) is 7.35. The Hall–Kier alpha value is -1.74. The molecule has 7 heteroatoms. The molecule has 2 rings (SSSR count). The number of aryl methyl sites for hydroxylation is 1. The normalized spacial score (nSPS) is 13.4. The third-order valence-corrected chi connectivity index (χ3v) is 4.32. The smallest absolute Gasteiger partial charge is 0.191 e. The largest absolute Gasteiger partial charge is 0.463 e. The summed E-state index contributed by atoms with van der Waals surface area (Å²) in [5.41, 5.74) is 1.32. The Balaban J connectivity index is 0.00000392. The number of guanidine groups is 1. The highest BCUT2D eigenvalue weighted by atomic mass is 127. The van der Waals surface area contributed by atoms with Gasteiger partial charge in [-0.3, -0.25) is 0 Å². The van der Waals surface area contributed by atoms with Gasteiger partial charge < -0.3 is 25.1 Å². The molecule has 3 N–H and O–H groups in total. The predicted molar refractivity (Wildman–Crippen MR) is 127 cm³/mol. The Morgan fingerprint density at radius 3 is 2.36 bits per heavy atom. The van der Waals surface area contributed by atoms with Crippen molar-refractivity contribution in [3.05, 3.63) is 53.5 Å². The lowest BCUT2D eigenvalue weighted by Crippen LogP contribution is -2.39. The molecule has 1 unspecified atom stereocenters. The van der Waals surface area contributed by atoms with Crippen LogP contribution in [0.15, 0.2) is 45.8 Å². The fourth-order valence-corrected chi connectivity index (χ4v) is 2.66. The molecule has 6 nitrogen and oxygen atoms in total. The van der Waals surface area contributed by atoms with E-state index >= 15 is 0 Å². The predicted octanol–water partition coefficient (Wildman–Crippen LogP) is 3.28. The summed E-state index contributed by atoms with van der Waals surface area (Å²) in [5.74, 6) is 1.99. The van der Waals surface area contributed by atoms with E-state index in [0.29, 0.717) is 11.7 Å². The number of halogens is 1. The van der Waals surface area contributed by atoms with Gasteiger partial charge >= 0.3 is 0 Å². The highest BCUT2D eigenvalue weighted by Crippen LogP contribution is 2.23. The van der Waals surface area contributed by atoms with Crippen LogP contribution >= 0.6 is 24.0 Å². The van der Waals surface area contributed by atoms with Gasteiger partial charge in [0.2, 0.25) is 0 Å². The van der Waals surface area contributed by atoms with Crippen LogP contribution in [-0.4, -0.2) is 44.8 Å². The third-order valence-electron chi connectivity index (χ3n) is 4.32. The van der Waals surface area contributed by atoms with E-state index in [1.54, 1.807) is 13.0 Å². The first-order valence-electron chi connectivity index (χ1n) is 9.39. The van der Waals surface area contributed by atoms with Gasteiger partial charge in [0.05, 0.1) is 6.54 Å². The SMILES string of the molecule is CCNC(=NCC(C)(O)c1ccc(C)o1)NCCc1ccc(N(C)C)cc1.I. The van der Waals surface area contributed by atoms with Crippen LogP contribution in [0.5, 0.6) is 0 Å². The number of aliphatic hydroxyl groups is 1. The summed E-state index contributed by atoms with van der Waals surface area (Å²) < 4.78 is 5.54. The molecule has 0 bridgehead atoms. The Morgan fingerprint density at radius 2 is 1.82 bits per heavy atom. The zero-order chi connectivity index (χ0) is 19.9. The van der Waals surface area contributed by atoms with Crippen LogP contribution < -0.4 is 15.5 Å². The molecular weight excluding hydrogens is 467 g/mol. The number of benzene rings is 1. The number of nitrogens with zero attached hydrogens (tertiary/aromatic N) is 2. The van der Waals surface area contributed by atoms with Gasteiger partial charge in [-0.2, -0.15) is 0 Å². The summed E-state index contributed by atoms with van der Waals surface area (Å²) in [6, 6.07) is 12.2. The second kappa shape index (κ2) is 11.3. The average Bonchev–Trinajstić information content (AvgIpc) is 3.07. The maximum absolute atomic E-state index is 10.6. The van der Waals surface area contributed by atoms with Crippen molar-refractivity contribution in [1.82, 2.24) is 10.6 Å². The molecule has 1 heterocycles. The highest BCUT2D eigenvalue weighted by molar-refractivity contribution is 14.0. The molecular formula is C21H33IN4O2. The maximum atomic E-state index is 10.6. The van der Waals surface area contributed by atoms with Crippen molar-refractivity contribution in [1.29, 1.82) is 0 Å². The molecule has 0 aliphatic heterocycles. The topological polar surface area (TPSA) is 73.0 Å². The number of aliphatic imine (C=N–C) groups is 1. The van der Waals surface area contributed by atoms with Gasteiger partial charge in [0, 0.05) is 32.9 Å². The van der Waals surface area contributed by atoms with E-state index in [0.717, 1.165) is 25.3 Å². The van der Waals surface area contributed by atoms with Crippen LogP contribution in [0.4, 0.5) is 5.69 Å². The number of furan rings is 1. The second-order valence-corrected chi connectivity index (χ2v) is 7.12. The molecule has 0 amide bonds. The summed E-state index contributed by atoms with van der Waals surface area (Å²) in [7, 11) is 4.07. The molecule has 156 valence electrons. The van der Waals surface area contributed by atoms with Crippen LogP contribution in [0.25, 0.3) is 0 Å². The minimum Gasteiger partial charge on any atom is -0.463 e. The first-order chi connectivity index (χ1) is 12.8. The first kappa shape index (κ1) is 24.3. The number of rotatable bonds is 8. The summed E-state index contributed by atoms with van der Waals surface area (Å²) in [6.07, 6.45) is 0.895. The molecule has 0 saturated heterocycles. The van der Waals surface area contributed by atoms with E-state index < -0.39 is 5.60 Å². The highest BCUT2D eigenvalue weighted by Gasteiger charge is 2.26. The minimum atomic E-state index is -1.14. The van der Waals surface area contributed by atoms with Crippen molar-refractivity contribution in [2.75, 3.05) is 38.6 Å². The summed E-state index contributed by atoms with van der Waals surface area (Å²) in [4.78, 5) is 6.60. The maximum Gasteiger partial charge on any atom is 0.191 e. The summed E-state index contributed by atoms with van der Waals surface area (Å²) in [6.45, 7) is 7.32. The molecule has 0 fully saturated rings. The van der Waals surface area contributed by atoms with Crippen molar-refractivity contribution in [2.24, 2.45) is 4.99 Å². The van der Waals surface area contributed by atoms with E-state index in [2.05, 4.69) is 44.8 Å². The lowest BCUT2D eigenvalue weighted by atomic mass is 10.0. The molecule has 28 heavy (non-hydrogen) atoms. The van der Waals surface area contributed by atoms with E-state index in [4.69, 9.17) is 4.42 Å². The zero-order valence-corrected chi connectivity index (χ0v) is 19.8. The molecule has 0 radical (unpaired) electrons. The van der Waals surface area contributed by atoms with E-state index in [-0.39, 0.29) is 30.5 Å². The molecule has 0 spiro atoms. The van der Waals surface area contributed by atoms with Crippen LogP contribution in [0.1, 0.15) is 30.9 Å². The monoisotopic (exact) mass is 500 g/mol. The Kier molecular flexibility index (Phi) is 9.81. The van der Waals surface area contributed by atoms with Gasteiger partial charge in [-0.15, -0.1) is 24.0 Å². The standard InChI is InChI=1S/C21H32N4O2.HI/c1-6-22-20(24-15-21(3,26)19-12-7-16(2)27-19)23-14-13-17-8-10-18(11-9-17)25(4)5;/h7-12,26H,6,13-15H2,1-5H3,(H2,22,23,24);1H. The lowest BCUT2D eigenvalue weighted by molar-refractivity contribution is 0.0428. The number of hydrogen-bond donors (Lipinski definition) is 3. The van der Waals surface area contributed by atoms with Gasteiger partial charge in [-0.25, -0.2) is 4.99 Å². The Bertz CT molecular complexity index is 739. The van der Waals surface area contributed by atoms with Gasteiger partial charge in [0.15, 0.2) is 5.96 Å².